The van der Waals surface area contributed by atoms with E-state index in [9.17, 15) is 9.59 Å². The second kappa shape index (κ2) is 6.74. The lowest BCUT2D eigenvalue weighted by molar-refractivity contribution is -0.123. The molecule has 1 aromatic heterocycles. The number of oxazole rings is 1. The van der Waals surface area contributed by atoms with Gasteiger partial charge in [-0.15, -0.1) is 0 Å². The summed E-state index contributed by atoms with van der Waals surface area (Å²) in [5.41, 5.74) is 6.25. The van der Waals surface area contributed by atoms with E-state index in [2.05, 4.69) is 4.98 Å². The number of nitrogens with two attached hydrogens (primary N) is 1. The van der Waals surface area contributed by atoms with E-state index in [-0.39, 0.29) is 23.4 Å². The van der Waals surface area contributed by atoms with Crippen LogP contribution in [0.2, 0.25) is 0 Å². The summed E-state index contributed by atoms with van der Waals surface area (Å²) in [5.74, 6) is 0.302. The lowest BCUT2D eigenvalue weighted by Gasteiger charge is -2.30. The van der Waals surface area contributed by atoms with Crippen LogP contribution < -0.4 is 10.5 Å². The Morgan fingerprint density at radius 3 is 2.67 bits per heavy atom. The first-order valence-electron chi connectivity index (χ1n) is 7.77. The molecule has 2 aromatic rings. The van der Waals surface area contributed by atoms with Crippen molar-refractivity contribution in [1.82, 2.24) is 9.88 Å². The predicted octanol–water partition coefficient (Wildman–Crippen LogP) is 1.69. The Morgan fingerprint density at radius 2 is 2.00 bits per heavy atom. The summed E-state index contributed by atoms with van der Waals surface area (Å²) in [7, 11) is 1.56. The van der Waals surface area contributed by atoms with Gasteiger partial charge in [0.2, 0.25) is 5.91 Å². The molecule has 0 spiro atoms. The molecule has 2 N–H and O–H groups in total. The third-order valence-corrected chi connectivity index (χ3v) is 4.31. The molecular formula is C17H19N3O4. The summed E-state index contributed by atoms with van der Waals surface area (Å²) < 4.78 is 10.8. The SMILES string of the molecule is COc1ccccc1-c1ocnc1C(=O)N1CCC(C(N)=O)CC1. The molecule has 1 aliphatic heterocycles. The van der Waals surface area contributed by atoms with Crippen LogP contribution in [0, 0.1) is 5.92 Å². The Morgan fingerprint density at radius 1 is 1.29 bits per heavy atom. The molecule has 0 saturated carbocycles. The molecule has 2 amide bonds. The number of ether oxygens (including phenoxy) is 1. The number of hydrogen-bond donors (Lipinski definition) is 1. The third kappa shape index (κ3) is 2.97. The standard InChI is InChI=1S/C17H19N3O4/c1-23-13-5-3-2-4-12(13)15-14(19-10-24-15)17(22)20-8-6-11(7-9-20)16(18)21/h2-5,10-11H,6-9H2,1H3,(H2,18,21). The van der Waals surface area contributed by atoms with E-state index in [0.29, 0.717) is 43.0 Å². The molecule has 0 unspecified atom stereocenters. The van der Waals surface area contributed by atoms with Crippen molar-refractivity contribution < 1.29 is 18.7 Å². The molecule has 7 heteroatoms. The molecule has 0 aliphatic carbocycles. The van der Waals surface area contributed by atoms with E-state index in [4.69, 9.17) is 14.9 Å². The van der Waals surface area contributed by atoms with Gasteiger partial charge >= 0.3 is 0 Å². The summed E-state index contributed by atoms with van der Waals surface area (Å²) in [4.78, 5) is 29.8. The van der Waals surface area contributed by atoms with E-state index in [0.717, 1.165) is 0 Å². The van der Waals surface area contributed by atoms with Crippen molar-refractivity contribution in [3.63, 3.8) is 0 Å². The van der Waals surface area contributed by atoms with Gasteiger partial charge in [0.25, 0.3) is 5.91 Å². The zero-order valence-electron chi connectivity index (χ0n) is 13.4. The highest BCUT2D eigenvalue weighted by Crippen LogP contribution is 2.32. The van der Waals surface area contributed by atoms with E-state index >= 15 is 0 Å². The summed E-state index contributed by atoms with van der Waals surface area (Å²) in [6, 6.07) is 7.29. The molecule has 3 rings (SSSR count). The lowest BCUT2D eigenvalue weighted by Crippen LogP contribution is -2.42. The van der Waals surface area contributed by atoms with Crippen LogP contribution in [0.1, 0.15) is 23.3 Å². The average Bonchev–Trinajstić information content (AvgIpc) is 3.10. The normalized spacial score (nSPS) is 15.3. The molecule has 24 heavy (non-hydrogen) atoms. The number of likely N-dealkylation sites (tertiary alicyclic amines) is 1. The topological polar surface area (TPSA) is 98.7 Å². The first-order valence-corrected chi connectivity index (χ1v) is 7.77. The van der Waals surface area contributed by atoms with Crippen LogP contribution in [0.5, 0.6) is 5.75 Å². The number of rotatable bonds is 4. The minimum atomic E-state index is -0.307. The van der Waals surface area contributed by atoms with Gasteiger partial charge in [-0.05, 0) is 25.0 Å². The van der Waals surface area contributed by atoms with Gasteiger partial charge in [0, 0.05) is 19.0 Å². The number of nitrogens with zero attached hydrogens (tertiary/aromatic N) is 2. The number of aromatic nitrogens is 1. The highest BCUT2D eigenvalue weighted by Gasteiger charge is 2.30. The first kappa shape index (κ1) is 16.0. The van der Waals surface area contributed by atoms with Crippen LogP contribution in [0.4, 0.5) is 0 Å². The summed E-state index contributed by atoms with van der Waals surface area (Å²) in [5, 5.41) is 0. The number of carbonyl (C=O) groups is 2. The van der Waals surface area contributed by atoms with E-state index in [1.807, 2.05) is 18.2 Å². The molecular weight excluding hydrogens is 310 g/mol. The molecule has 1 fully saturated rings. The second-order valence-electron chi connectivity index (χ2n) is 5.70. The molecule has 126 valence electrons. The monoisotopic (exact) mass is 329 g/mol. The summed E-state index contributed by atoms with van der Waals surface area (Å²) >= 11 is 0. The van der Waals surface area contributed by atoms with Crippen LogP contribution in [-0.4, -0.2) is 41.9 Å². The van der Waals surface area contributed by atoms with Crippen molar-refractivity contribution in [3.8, 4) is 17.1 Å². The van der Waals surface area contributed by atoms with Gasteiger partial charge < -0.3 is 19.8 Å². The van der Waals surface area contributed by atoms with Crippen molar-refractivity contribution >= 4 is 11.8 Å². The molecule has 1 saturated heterocycles. The minimum Gasteiger partial charge on any atom is -0.496 e. The maximum atomic E-state index is 12.8. The molecule has 7 nitrogen and oxygen atoms in total. The average molecular weight is 329 g/mol. The van der Waals surface area contributed by atoms with Crippen LogP contribution in [0.15, 0.2) is 35.1 Å². The van der Waals surface area contributed by atoms with Crippen LogP contribution in [-0.2, 0) is 4.79 Å². The summed E-state index contributed by atoms with van der Waals surface area (Å²) in [6.07, 6.45) is 2.40. The van der Waals surface area contributed by atoms with Gasteiger partial charge in [0.15, 0.2) is 17.8 Å². The molecule has 0 radical (unpaired) electrons. The quantitative estimate of drug-likeness (QED) is 0.920. The molecule has 0 bridgehead atoms. The second-order valence-corrected chi connectivity index (χ2v) is 5.70. The van der Waals surface area contributed by atoms with Crippen LogP contribution in [0.3, 0.4) is 0 Å². The Kier molecular flexibility index (Phi) is 4.50. The number of piperidine rings is 1. The van der Waals surface area contributed by atoms with Gasteiger partial charge in [0.05, 0.1) is 12.7 Å². The van der Waals surface area contributed by atoms with Crippen LogP contribution >= 0.6 is 0 Å². The Bertz CT molecular complexity index is 748. The van der Waals surface area contributed by atoms with E-state index in [1.165, 1.54) is 6.39 Å². The van der Waals surface area contributed by atoms with Crippen molar-refractivity contribution in [2.75, 3.05) is 20.2 Å². The van der Waals surface area contributed by atoms with Crippen LogP contribution in [0.25, 0.3) is 11.3 Å². The van der Waals surface area contributed by atoms with Gasteiger partial charge in [-0.2, -0.15) is 0 Å². The summed E-state index contributed by atoms with van der Waals surface area (Å²) in [6.45, 7) is 0.954. The number of primary amides is 1. The first-order chi connectivity index (χ1) is 11.6. The Hall–Kier alpha value is -2.83. The van der Waals surface area contributed by atoms with E-state index < -0.39 is 0 Å². The zero-order chi connectivity index (χ0) is 17.1. The maximum absolute atomic E-state index is 12.8. The number of hydrogen-bond acceptors (Lipinski definition) is 5. The van der Waals surface area contributed by atoms with E-state index in [1.54, 1.807) is 18.1 Å². The predicted molar refractivity (Wildman–Crippen MR) is 86.3 cm³/mol. The highest BCUT2D eigenvalue weighted by atomic mass is 16.5. The Labute approximate surface area is 139 Å². The lowest BCUT2D eigenvalue weighted by atomic mass is 9.96. The number of amides is 2. The maximum Gasteiger partial charge on any atom is 0.276 e. The molecule has 2 heterocycles. The molecule has 1 aromatic carbocycles. The van der Waals surface area contributed by atoms with Crippen molar-refractivity contribution in [1.29, 1.82) is 0 Å². The molecule has 0 atom stereocenters. The smallest absolute Gasteiger partial charge is 0.276 e. The van der Waals surface area contributed by atoms with Gasteiger partial charge in [-0.3, -0.25) is 9.59 Å². The highest BCUT2D eigenvalue weighted by molar-refractivity contribution is 5.98. The van der Waals surface area contributed by atoms with Crippen molar-refractivity contribution in [2.45, 2.75) is 12.8 Å². The fourth-order valence-corrected chi connectivity index (χ4v) is 2.94. The van der Waals surface area contributed by atoms with Gasteiger partial charge in [0.1, 0.15) is 5.75 Å². The van der Waals surface area contributed by atoms with Gasteiger partial charge in [-0.1, -0.05) is 12.1 Å². The number of carbonyl (C=O) groups excluding carboxylic acids is 2. The largest absolute Gasteiger partial charge is 0.496 e. The minimum absolute atomic E-state index is 0.167. The Balaban J connectivity index is 1.83. The van der Waals surface area contributed by atoms with Gasteiger partial charge in [-0.25, -0.2) is 4.98 Å². The number of para-hydroxylation sites is 1. The zero-order valence-corrected chi connectivity index (χ0v) is 13.4. The van der Waals surface area contributed by atoms with Crippen molar-refractivity contribution in [2.24, 2.45) is 11.7 Å². The number of methoxy groups -OCH3 is 1. The number of benzene rings is 1. The molecule has 1 aliphatic rings. The fourth-order valence-electron chi connectivity index (χ4n) is 2.94. The third-order valence-electron chi connectivity index (χ3n) is 4.31. The van der Waals surface area contributed by atoms with Crippen molar-refractivity contribution in [3.05, 3.63) is 36.4 Å². The fraction of sp³-hybridized carbons (Fsp3) is 0.353.